The van der Waals surface area contributed by atoms with Crippen LogP contribution >= 0.6 is 11.3 Å². The fourth-order valence-electron chi connectivity index (χ4n) is 2.51. The zero-order valence-corrected chi connectivity index (χ0v) is 14.5. The fraction of sp³-hybridized carbons (Fsp3) is 0.375. The third-order valence-corrected chi connectivity index (χ3v) is 4.84. The third kappa shape index (κ3) is 2.73. The number of rotatable bonds is 4. The van der Waals surface area contributed by atoms with Gasteiger partial charge in [0.05, 0.1) is 16.0 Å². The normalized spacial score (nSPS) is 15.5. The molecule has 1 amide bonds. The molecule has 8 heteroatoms. The van der Waals surface area contributed by atoms with Crippen LogP contribution in [0.1, 0.15) is 41.0 Å². The van der Waals surface area contributed by atoms with Crippen LogP contribution in [0.2, 0.25) is 0 Å². The SMILES string of the molecule is Cc1nc(NC2(C)CC2)c2c(C(=O)Nc3csc(C)n3)coc2n1. The van der Waals surface area contributed by atoms with Gasteiger partial charge in [-0.05, 0) is 33.6 Å². The van der Waals surface area contributed by atoms with Gasteiger partial charge in [0.25, 0.3) is 5.91 Å². The predicted molar refractivity (Wildman–Crippen MR) is 92.6 cm³/mol. The minimum Gasteiger partial charge on any atom is -0.445 e. The number of nitrogens with zero attached hydrogens (tertiary/aromatic N) is 3. The van der Waals surface area contributed by atoms with Gasteiger partial charge in [0.2, 0.25) is 5.71 Å². The molecule has 2 N–H and O–H groups in total. The Hall–Kier alpha value is -2.48. The smallest absolute Gasteiger partial charge is 0.260 e. The molecule has 0 radical (unpaired) electrons. The molecule has 3 aromatic heterocycles. The standard InChI is InChI=1S/C16H17N5O2S/c1-8-17-13(21-16(3)4-5-16)12-10(6-23-15(12)18-8)14(22)20-11-7-24-9(2)19-11/h6-7H,4-5H2,1-3H3,(H,20,22)(H,17,18,21). The number of furan rings is 1. The van der Waals surface area contributed by atoms with Crippen LogP contribution in [-0.4, -0.2) is 26.4 Å². The molecule has 1 aliphatic rings. The Labute approximate surface area is 142 Å². The van der Waals surface area contributed by atoms with Crippen molar-refractivity contribution in [2.45, 2.75) is 39.2 Å². The number of carbonyl (C=O) groups excluding carboxylic acids is 1. The van der Waals surface area contributed by atoms with Crippen LogP contribution in [0, 0.1) is 13.8 Å². The molecule has 124 valence electrons. The Kier molecular flexibility index (Phi) is 3.31. The lowest BCUT2D eigenvalue weighted by Crippen LogP contribution is -2.19. The highest BCUT2D eigenvalue weighted by molar-refractivity contribution is 7.09. The molecule has 1 saturated carbocycles. The maximum Gasteiger partial charge on any atom is 0.260 e. The minimum atomic E-state index is -0.282. The van der Waals surface area contributed by atoms with Gasteiger partial charge in [-0.25, -0.2) is 9.97 Å². The molecule has 0 atom stereocenters. The van der Waals surface area contributed by atoms with Crippen LogP contribution in [0.4, 0.5) is 11.6 Å². The lowest BCUT2D eigenvalue weighted by molar-refractivity contribution is 0.102. The van der Waals surface area contributed by atoms with E-state index in [9.17, 15) is 4.79 Å². The average molecular weight is 343 g/mol. The Balaban J connectivity index is 1.73. The van der Waals surface area contributed by atoms with E-state index in [1.165, 1.54) is 17.6 Å². The van der Waals surface area contributed by atoms with Crippen LogP contribution in [0.5, 0.6) is 0 Å². The van der Waals surface area contributed by atoms with Gasteiger partial charge in [-0.2, -0.15) is 4.98 Å². The highest BCUT2D eigenvalue weighted by atomic mass is 32.1. The highest BCUT2D eigenvalue weighted by Crippen LogP contribution is 2.40. The summed E-state index contributed by atoms with van der Waals surface area (Å²) in [6.45, 7) is 5.83. The van der Waals surface area contributed by atoms with Crippen molar-refractivity contribution >= 4 is 40.0 Å². The molecule has 4 rings (SSSR count). The summed E-state index contributed by atoms with van der Waals surface area (Å²) in [6.07, 6.45) is 3.58. The van der Waals surface area contributed by atoms with Crippen LogP contribution in [0.25, 0.3) is 11.1 Å². The quantitative estimate of drug-likeness (QED) is 0.753. The zero-order valence-electron chi connectivity index (χ0n) is 13.6. The summed E-state index contributed by atoms with van der Waals surface area (Å²) >= 11 is 1.48. The van der Waals surface area contributed by atoms with Gasteiger partial charge in [0, 0.05) is 10.9 Å². The second-order valence-corrected chi connectivity index (χ2v) is 7.40. The summed E-state index contributed by atoms with van der Waals surface area (Å²) in [7, 11) is 0. The average Bonchev–Trinajstić information content (AvgIpc) is 2.93. The summed E-state index contributed by atoms with van der Waals surface area (Å²) in [6, 6.07) is 0. The molecule has 1 fully saturated rings. The van der Waals surface area contributed by atoms with E-state index in [0.717, 1.165) is 17.8 Å². The highest BCUT2D eigenvalue weighted by Gasteiger charge is 2.38. The third-order valence-electron chi connectivity index (χ3n) is 4.07. The topological polar surface area (TPSA) is 92.9 Å². The van der Waals surface area contributed by atoms with E-state index in [0.29, 0.717) is 34.1 Å². The van der Waals surface area contributed by atoms with E-state index in [1.807, 2.05) is 6.92 Å². The molecule has 3 heterocycles. The number of nitrogens with one attached hydrogen (secondary N) is 2. The van der Waals surface area contributed by atoms with E-state index in [1.54, 1.807) is 12.3 Å². The predicted octanol–water partition coefficient (Wildman–Crippen LogP) is 3.51. The van der Waals surface area contributed by atoms with E-state index in [-0.39, 0.29) is 11.4 Å². The fourth-order valence-corrected chi connectivity index (χ4v) is 3.05. The van der Waals surface area contributed by atoms with E-state index in [4.69, 9.17) is 4.42 Å². The molecular formula is C16H17N5O2S. The first-order valence-electron chi connectivity index (χ1n) is 7.71. The molecular weight excluding hydrogens is 326 g/mol. The second-order valence-electron chi connectivity index (χ2n) is 6.34. The van der Waals surface area contributed by atoms with Crippen molar-refractivity contribution < 1.29 is 9.21 Å². The van der Waals surface area contributed by atoms with E-state index >= 15 is 0 Å². The van der Waals surface area contributed by atoms with Crippen LogP contribution in [0.15, 0.2) is 16.1 Å². The molecule has 1 aliphatic carbocycles. The van der Waals surface area contributed by atoms with Crippen LogP contribution < -0.4 is 10.6 Å². The number of aromatic nitrogens is 3. The number of amides is 1. The van der Waals surface area contributed by atoms with Crippen molar-refractivity contribution in [3.63, 3.8) is 0 Å². The first kappa shape index (κ1) is 15.1. The summed E-state index contributed by atoms with van der Waals surface area (Å²) in [5, 5.41) is 9.52. The second kappa shape index (κ2) is 5.27. The van der Waals surface area contributed by atoms with Gasteiger partial charge in [-0.3, -0.25) is 4.79 Å². The van der Waals surface area contributed by atoms with Crippen LogP contribution in [0.3, 0.4) is 0 Å². The van der Waals surface area contributed by atoms with Crippen molar-refractivity contribution in [2.24, 2.45) is 0 Å². The zero-order chi connectivity index (χ0) is 16.9. The van der Waals surface area contributed by atoms with E-state index in [2.05, 4.69) is 32.5 Å². The molecule has 0 bridgehead atoms. The van der Waals surface area contributed by atoms with Gasteiger partial charge in [-0.1, -0.05) is 0 Å². The Morgan fingerprint density at radius 1 is 1.29 bits per heavy atom. The first-order valence-corrected chi connectivity index (χ1v) is 8.59. The number of thiazole rings is 1. The number of hydrogen-bond acceptors (Lipinski definition) is 7. The van der Waals surface area contributed by atoms with Gasteiger partial charge in [0.1, 0.15) is 23.7 Å². The minimum absolute atomic E-state index is 0.0325. The first-order chi connectivity index (χ1) is 11.4. The molecule has 0 aromatic carbocycles. The van der Waals surface area contributed by atoms with Crippen molar-refractivity contribution in [3.8, 4) is 0 Å². The van der Waals surface area contributed by atoms with Crippen molar-refractivity contribution in [1.82, 2.24) is 15.0 Å². The number of fused-ring (bicyclic) bond motifs is 1. The van der Waals surface area contributed by atoms with Gasteiger partial charge >= 0.3 is 0 Å². The van der Waals surface area contributed by atoms with Gasteiger partial charge in [-0.15, -0.1) is 11.3 Å². The van der Waals surface area contributed by atoms with Gasteiger partial charge in [0.15, 0.2) is 0 Å². The molecule has 0 spiro atoms. The van der Waals surface area contributed by atoms with Gasteiger partial charge < -0.3 is 15.1 Å². The number of hydrogen-bond donors (Lipinski definition) is 2. The number of anilines is 2. The molecule has 7 nitrogen and oxygen atoms in total. The molecule has 0 aliphatic heterocycles. The lowest BCUT2D eigenvalue weighted by atomic mass is 10.2. The summed E-state index contributed by atoms with van der Waals surface area (Å²) < 4.78 is 5.50. The van der Waals surface area contributed by atoms with Crippen LogP contribution in [-0.2, 0) is 0 Å². The van der Waals surface area contributed by atoms with Crippen molar-refractivity contribution in [3.05, 3.63) is 28.0 Å². The maximum atomic E-state index is 12.6. The Morgan fingerprint density at radius 3 is 2.75 bits per heavy atom. The largest absolute Gasteiger partial charge is 0.445 e. The lowest BCUT2D eigenvalue weighted by Gasteiger charge is -2.13. The summed E-state index contributed by atoms with van der Waals surface area (Å²) in [5.41, 5.74) is 0.848. The molecule has 0 unspecified atom stereocenters. The summed E-state index contributed by atoms with van der Waals surface area (Å²) in [4.78, 5) is 25.6. The van der Waals surface area contributed by atoms with E-state index < -0.39 is 0 Å². The summed E-state index contributed by atoms with van der Waals surface area (Å²) in [5.74, 6) is 1.50. The molecule has 0 saturated heterocycles. The van der Waals surface area contributed by atoms with Crippen molar-refractivity contribution in [2.75, 3.05) is 10.6 Å². The Bertz CT molecular complexity index is 941. The Morgan fingerprint density at radius 2 is 2.08 bits per heavy atom. The van der Waals surface area contributed by atoms with Crippen molar-refractivity contribution in [1.29, 1.82) is 0 Å². The maximum absolute atomic E-state index is 12.6. The number of aryl methyl sites for hydroxylation is 2. The number of carbonyl (C=O) groups is 1. The molecule has 24 heavy (non-hydrogen) atoms. The monoisotopic (exact) mass is 343 g/mol. The molecule has 3 aromatic rings.